The molecule has 110 valence electrons. The summed E-state index contributed by atoms with van der Waals surface area (Å²) in [6, 6.07) is 5.08. The van der Waals surface area contributed by atoms with Crippen LogP contribution in [0.15, 0.2) is 24.3 Å². The van der Waals surface area contributed by atoms with Crippen LogP contribution in [0.1, 0.15) is 30.6 Å². The number of hydrogen-bond acceptors (Lipinski definition) is 2. The van der Waals surface area contributed by atoms with E-state index in [-0.39, 0.29) is 17.4 Å². The third kappa shape index (κ3) is 4.33. The van der Waals surface area contributed by atoms with E-state index in [0.717, 1.165) is 0 Å². The minimum absolute atomic E-state index is 0.0483. The molecular weight excluding hydrogens is 259 g/mol. The highest BCUT2D eigenvalue weighted by Crippen LogP contribution is 2.10. The fraction of sp³-hybridized carbons (Fsp3) is 0.467. The van der Waals surface area contributed by atoms with Gasteiger partial charge in [-0.1, -0.05) is 26.0 Å². The van der Waals surface area contributed by atoms with E-state index < -0.39 is 17.8 Å². The lowest BCUT2D eigenvalue weighted by Crippen LogP contribution is -2.47. The van der Waals surface area contributed by atoms with Gasteiger partial charge in [-0.05, 0) is 24.5 Å². The van der Waals surface area contributed by atoms with E-state index in [1.807, 2.05) is 13.8 Å². The Labute approximate surface area is 119 Å². The minimum Gasteiger partial charge on any atom is -0.347 e. The molecule has 0 fully saturated rings. The summed E-state index contributed by atoms with van der Waals surface area (Å²) in [6.07, 6.45) is 0.511. The SMILES string of the molecule is CC(C)CC(NC(=O)c1ccccc1F)C(=O)N(C)C. The van der Waals surface area contributed by atoms with Crippen LogP contribution in [0.4, 0.5) is 4.39 Å². The number of benzene rings is 1. The Morgan fingerprint density at radius 2 is 1.85 bits per heavy atom. The van der Waals surface area contributed by atoms with E-state index in [9.17, 15) is 14.0 Å². The van der Waals surface area contributed by atoms with Crippen LogP contribution in [0, 0.1) is 11.7 Å². The number of rotatable bonds is 5. The highest BCUT2D eigenvalue weighted by Gasteiger charge is 2.24. The Morgan fingerprint density at radius 1 is 1.25 bits per heavy atom. The number of hydrogen-bond donors (Lipinski definition) is 1. The van der Waals surface area contributed by atoms with E-state index in [1.165, 1.54) is 23.1 Å². The summed E-state index contributed by atoms with van der Waals surface area (Å²) in [5.41, 5.74) is -0.0483. The average molecular weight is 280 g/mol. The summed E-state index contributed by atoms with van der Waals surface area (Å²) in [5.74, 6) is -1.11. The lowest BCUT2D eigenvalue weighted by Gasteiger charge is -2.23. The molecular formula is C15H21FN2O2. The van der Waals surface area contributed by atoms with Gasteiger partial charge < -0.3 is 10.2 Å². The molecule has 1 aromatic carbocycles. The fourth-order valence-corrected chi connectivity index (χ4v) is 1.89. The first-order chi connectivity index (χ1) is 9.32. The molecule has 0 bridgehead atoms. The molecule has 0 aliphatic carbocycles. The third-order valence-electron chi connectivity index (χ3n) is 2.87. The standard InChI is InChI=1S/C15H21FN2O2/c1-10(2)9-13(15(20)18(3)4)17-14(19)11-7-5-6-8-12(11)16/h5-8,10,13H,9H2,1-4H3,(H,17,19). The summed E-state index contributed by atoms with van der Waals surface area (Å²) < 4.78 is 13.6. The Balaban J connectivity index is 2.87. The van der Waals surface area contributed by atoms with Crippen LogP contribution in [-0.2, 0) is 4.79 Å². The van der Waals surface area contributed by atoms with Crippen LogP contribution in [0.5, 0.6) is 0 Å². The number of carbonyl (C=O) groups is 2. The molecule has 1 unspecified atom stereocenters. The van der Waals surface area contributed by atoms with E-state index >= 15 is 0 Å². The minimum atomic E-state index is -0.642. The van der Waals surface area contributed by atoms with E-state index in [4.69, 9.17) is 0 Å². The van der Waals surface area contributed by atoms with Crippen LogP contribution < -0.4 is 5.32 Å². The molecule has 1 rings (SSSR count). The van der Waals surface area contributed by atoms with Crippen molar-refractivity contribution in [2.45, 2.75) is 26.3 Å². The Hall–Kier alpha value is -1.91. The number of carbonyl (C=O) groups excluding carboxylic acids is 2. The topological polar surface area (TPSA) is 49.4 Å². The summed E-state index contributed by atoms with van der Waals surface area (Å²) >= 11 is 0. The Morgan fingerprint density at radius 3 is 2.35 bits per heavy atom. The van der Waals surface area contributed by atoms with Gasteiger partial charge in [0.15, 0.2) is 0 Å². The van der Waals surface area contributed by atoms with Gasteiger partial charge >= 0.3 is 0 Å². The molecule has 0 aliphatic heterocycles. The van der Waals surface area contributed by atoms with Crippen LogP contribution in [0.3, 0.4) is 0 Å². The van der Waals surface area contributed by atoms with Gasteiger partial charge in [-0.25, -0.2) is 4.39 Å². The largest absolute Gasteiger partial charge is 0.347 e. The molecule has 2 amide bonds. The molecule has 0 saturated heterocycles. The smallest absolute Gasteiger partial charge is 0.254 e. The highest BCUT2D eigenvalue weighted by molar-refractivity contribution is 5.97. The van der Waals surface area contributed by atoms with Gasteiger partial charge in [-0.3, -0.25) is 9.59 Å². The zero-order valence-electron chi connectivity index (χ0n) is 12.3. The van der Waals surface area contributed by atoms with Crippen molar-refractivity contribution in [3.05, 3.63) is 35.6 Å². The van der Waals surface area contributed by atoms with Crippen molar-refractivity contribution in [1.29, 1.82) is 0 Å². The van der Waals surface area contributed by atoms with Crippen LogP contribution in [0.25, 0.3) is 0 Å². The van der Waals surface area contributed by atoms with Crippen LogP contribution in [0.2, 0.25) is 0 Å². The summed E-state index contributed by atoms with van der Waals surface area (Å²) in [5, 5.41) is 2.62. The molecule has 1 atom stereocenters. The van der Waals surface area contributed by atoms with E-state index in [2.05, 4.69) is 5.32 Å². The van der Waals surface area contributed by atoms with Crippen molar-refractivity contribution in [1.82, 2.24) is 10.2 Å². The van der Waals surface area contributed by atoms with E-state index in [1.54, 1.807) is 20.2 Å². The van der Waals surface area contributed by atoms with Crippen molar-refractivity contribution in [3.63, 3.8) is 0 Å². The van der Waals surface area contributed by atoms with Gasteiger partial charge in [0.1, 0.15) is 11.9 Å². The van der Waals surface area contributed by atoms with Gasteiger partial charge in [0, 0.05) is 14.1 Å². The second-order valence-electron chi connectivity index (χ2n) is 5.37. The normalized spacial score (nSPS) is 12.1. The summed E-state index contributed by atoms with van der Waals surface area (Å²) in [4.78, 5) is 25.5. The first-order valence-electron chi connectivity index (χ1n) is 6.59. The van der Waals surface area contributed by atoms with Gasteiger partial charge in [0.2, 0.25) is 5.91 Å². The number of likely N-dealkylation sites (N-methyl/N-ethyl adjacent to an activating group) is 1. The molecule has 4 nitrogen and oxygen atoms in total. The maximum absolute atomic E-state index is 13.6. The molecule has 1 N–H and O–H groups in total. The highest BCUT2D eigenvalue weighted by atomic mass is 19.1. The van der Waals surface area contributed by atoms with Gasteiger partial charge in [-0.2, -0.15) is 0 Å². The number of halogens is 1. The Kier molecular flexibility index (Phi) is 5.67. The van der Waals surface area contributed by atoms with Crippen molar-refractivity contribution in [2.75, 3.05) is 14.1 Å². The lowest BCUT2D eigenvalue weighted by molar-refractivity contribution is -0.131. The maximum atomic E-state index is 13.6. The van der Waals surface area contributed by atoms with Crippen molar-refractivity contribution < 1.29 is 14.0 Å². The molecule has 0 aliphatic rings. The molecule has 0 aromatic heterocycles. The lowest BCUT2D eigenvalue weighted by atomic mass is 10.0. The first kappa shape index (κ1) is 16.1. The quantitative estimate of drug-likeness (QED) is 0.897. The predicted octanol–water partition coefficient (Wildman–Crippen LogP) is 2.06. The number of nitrogens with one attached hydrogen (secondary N) is 1. The number of nitrogens with zero attached hydrogens (tertiary/aromatic N) is 1. The predicted molar refractivity (Wildman–Crippen MR) is 75.8 cm³/mol. The maximum Gasteiger partial charge on any atom is 0.254 e. The fourth-order valence-electron chi connectivity index (χ4n) is 1.89. The molecule has 20 heavy (non-hydrogen) atoms. The van der Waals surface area contributed by atoms with Crippen LogP contribution >= 0.6 is 0 Å². The van der Waals surface area contributed by atoms with Gasteiger partial charge in [0.05, 0.1) is 5.56 Å². The molecule has 0 heterocycles. The average Bonchev–Trinajstić information content (AvgIpc) is 2.36. The zero-order chi connectivity index (χ0) is 15.3. The number of amides is 2. The molecule has 5 heteroatoms. The molecule has 0 saturated carbocycles. The monoisotopic (exact) mass is 280 g/mol. The first-order valence-corrected chi connectivity index (χ1v) is 6.59. The van der Waals surface area contributed by atoms with Gasteiger partial charge in [-0.15, -0.1) is 0 Å². The molecule has 1 aromatic rings. The van der Waals surface area contributed by atoms with Crippen molar-refractivity contribution >= 4 is 11.8 Å². The summed E-state index contributed by atoms with van der Waals surface area (Å²) in [7, 11) is 3.26. The Bertz CT molecular complexity index is 487. The van der Waals surface area contributed by atoms with E-state index in [0.29, 0.717) is 6.42 Å². The second-order valence-corrected chi connectivity index (χ2v) is 5.37. The summed E-state index contributed by atoms with van der Waals surface area (Å²) in [6.45, 7) is 3.93. The third-order valence-corrected chi connectivity index (χ3v) is 2.87. The zero-order valence-corrected chi connectivity index (χ0v) is 12.3. The van der Waals surface area contributed by atoms with Crippen molar-refractivity contribution in [2.24, 2.45) is 5.92 Å². The van der Waals surface area contributed by atoms with Crippen molar-refractivity contribution in [3.8, 4) is 0 Å². The molecule has 0 spiro atoms. The molecule has 0 radical (unpaired) electrons. The van der Waals surface area contributed by atoms with Gasteiger partial charge in [0.25, 0.3) is 5.91 Å². The van der Waals surface area contributed by atoms with Crippen LogP contribution in [-0.4, -0.2) is 36.9 Å². The second kappa shape index (κ2) is 7.03.